The van der Waals surface area contributed by atoms with Gasteiger partial charge < -0.3 is 0 Å². The quantitative estimate of drug-likeness (QED) is 0.666. The van der Waals surface area contributed by atoms with E-state index in [0.29, 0.717) is 21.3 Å². The Morgan fingerprint density at radius 2 is 1.88 bits per heavy atom. The third-order valence-electron chi connectivity index (χ3n) is 3.53. The van der Waals surface area contributed by atoms with Gasteiger partial charge in [-0.1, -0.05) is 6.07 Å². The monoisotopic (exact) mass is 399 g/mol. The Kier molecular flexibility index (Phi) is 4.57. The molecule has 0 spiro atoms. The van der Waals surface area contributed by atoms with Crippen LogP contribution >= 0.6 is 11.3 Å². The Labute approximate surface area is 151 Å². The maximum atomic E-state index is 13.4. The summed E-state index contributed by atoms with van der Waals surface area (Å²) < 4.78 is 63.4. The molecule has 10 heteroatoms. The fraction of sp³-hybridized carbons (Fsp3) is 0.188. The lowest BCUT2D eigenvalue weighted by atomic mass is 10.1. The van der Waals surface area contributed by atoms with Gasteiger partial charge in [-0.05, 0) is 24.6 Å². The second-order valence-corrected chi connectivity index (χ2v) is 8.49. The van der Waals surface area contributed by atoms with Gasteiger partial charge in [0.15, 0.2) is 9.84 Å². The highest BCUT2D eigenvalue weighted by Gasteiger charge is 2.36. The molecular formula is C16H12F3N3O2S2. The minimum atomic E-state index is -4.79. The molecule has 5 nitrogen and oxygen atoms in total. The summed E-state index contributed by atoms with van der Waals surface area (Å²) in [5, 5.41) is 0.520. The molecule has 0 aliphatic carbocycles. The summed E-state index contributed by atoms with van der Waals surface area (Å²) in [6.45, 7) is 1.67. The number of hydrogen-bond donors (Lipinski definition) is 0. The third kappa shape index (κ3) is 3.61. The third-order valence-corrected chi connectivity index (χ3v) is 5.91. The van der Waals surface area contributed by atoms with E-state index in [0.717, 1.165) is 18.4 Å². The molecule has 0 amide bonds. The predicted octanol–water partition coefficient (Wildman–Crippen LogP) is 4.00. The van der Waals surface area contributed by atoms with Crippen LogP contribution in [0.2, 0.25) is 0 Å². The van der Waals surface area contributed by atoms with E-state index in [1.54, 1.807) is 6.92 Å². The van der Waals surface area contributed by atoms with E-state index in [1.165, 1.54) is 36.0 Å². The summed E-state index contributed by atoms with van der Waals surface area (Å²) >= 11 is 1.17. The molecule has 0 saturated heterocycles. The molecule has 136 valence electrons. The molecule has 0 aliphatic rings. The fourth-order valence-electron chi connectivity index (χ4n) is 2.40. The van der Waals surface area contributed by atoms with Gasteiger partial charge in [0, 0.05) is 18.6 Å². The van der Waals surface area contributed by atoms with Gasteiger partial charge in [-0.2, -0.15) is 13.2 Å². The first kappa shape index (κ1) is 18.5. The normalized spacial score (nSPS) is 12.3. The number of halogens is 3. The van der Waals surface area contributed by atoms with Crippen LogP contribution in [0.1, 0.15) is 11.3 Å². The van der Waals surface area contributed by atoms with Crippen molar-refractivity contribution in [2.24, 2.45) is 0 Å². The van der Waals surface area contributed by atoms with Crippen LogP contribution in [-0.2, 0) is 16.0 Å². The van der Waals surface area contributed by atoms with Crippen molar-refractivity contribution in [1.82, 2.24) is 15.0 Å². The molecule has 2 aromatic heterocycles. The predicted molar refractivity (Wildman–Crippen MR) is 91.4 cm³/mol. The SMILES string of the molecule is Cc1nc(-c2cnccn2)sc1-c1ccc(S(C)(=O)=O)c(C(F)(F)F)c1. The number of thiazole rings is 1. The van der Waals surface area contributed by atoms with Gasteiger partial charge in [0.05, 0.1) is 27.2 Å². The molecule has 0 radical (unpaired) electrons. The lowest BCUT2D eigenvalue weighted by Gasteiger charge is -2.13. The number of nitrogens with zero attached hydrogens (tertiary/aromatic N) is 3. The molecule has 0 fully saturated rings. The number of sulfone groups is 1. The number of hydrogen-bond acceptors (Lipinski definition) is 6. The van der Waals surface area contributed by atoms with Crippen LogP contribution in [0.25, 0.3) is 21.1 Å². The largest absolute Gasteiger partial charge is 0.417 e. The van der Waals surface area contributed by atoms with Crippen molar-refractivity contribution < 1.29 is 21.6 Å². The van der Waals surface area contributed by atoms with E-state index < -0.39 is 26.5 Å². The van der Waals surface area contributed by atoms with Gasteiger partial charge in [-0.15, -0.1) is 11.3 Å². The zero-order valence-electron chi connectivity index (χ0n) is 13.6. The molecule has 0 bridgehead atoms. The molecule has 0 unspecified atom stereocenters. The van der Waals surface area contributed by atoms with Crippen LogP contribution in [0.15, 0.2) is 41.7 Å². The lowest BCUT2D eigenvalue weighted by molar-refractivity contribution is -0.139. The van der Waals surface area contributed by atoms with E-state index in [2.05, 4.69) is 15.0 Å². The van der Waals surface area contributed by atoms with E-state index in [9.17, 15) is 21.6 Å². The molecule has 1 aromatic carbocycles. The van der Waals surface area contributed by atoms with Gasteiger partial charge in [-0.25, -0.2) is 13.4 Å². The first-order valence-electron chi connectivity index (χ1n) is 7.23. The summed E-state index contributed by atoms with van der Waals surface area (Å²) in [7, 11) is -4.01. The molecule has 0 saturated carbocycles. The van der Waals surface area contributed by atoms with E-state index in [4.69, 9.17) is 0 Å². The summed E-state index contributed by atoms with van der Waals surface area (Å²) in [4.78, 5) is 12.2. The fourth-order valence-corrected chi connectivity index (χ4v) is 4.31. The molecule has 2 heterocycles. The number of alkyl halides is 3. The van der Waals surface area contributed by atoms with Crippen LogP contribution in [-0.4, -0.2) is 29.6 Å². The summed E-state index contributed by atoms with van der Waals surface area (Å²) in [5.41, 5.74) is 0.0905. The van der Waals surface area contributed by atoms with Crippen LogP contribution in [0.5, 0.6) is 0 Å². The zero-order chi connectivity index (χ0) is 19.1. The summed E-state index contributed by atoms with van der Waals surface area (Å²) in [6, 6.07) is 3.18. The minimum Gasteiger partial charge on any atom is -0.261 e. The van der Waals surface area contributed by atoms with Gasteiger partial charge in [-0.3, -0.25) is 9.97 Å². The number of benzene rings is 1. The average Bonchev–Trinajstić information content (AvgIpc) is 2.95. The topological polar surface area (TPSA) is 72.8 Å². The van der Waals surface area contributed by atoms with Crippen molar-refractivity contribution in [3.63, 3.8) is 0 Å². The van der Waals surface area contributed by atoms with Gasteiger partial charge in [0.25, 0.3) is 0 Å². The van der Waals surface area contributed by atoms with Crippen LogP contribution in [0, 0.1) is 6.92 Å². The average molecular weight is 399 g/mol. The number of rotatable bonds is 3. The van der Waals surface area contributed by atoms with Crippen LogP contribution in [0.3, 0.4) is 0 Å². The molecule has 0 N–H and O–H groups in total. The lowest BCUT2D eigenvalue weighted by Crippen LogP contribution is -2.12. The van der Waals surface area contributed by atoms with Gasteiger partial charge >= 0.3 is 6.18 Å². The highest BCUT2D eigenvalue weighted by atomic mass is 32.2. The van der Waals surface area contributed by atoms with Crippen molar-refractivity contribution in [3.8, 4) is 21.1 Å². The molecule has 3 rings (SSSR count). The Morgan fingerprint density at radius 3 is 2.46 bits per heavy atom. The smallest absolute Gasteiger partial charge is 0.261 e. The van der Waals surface area contributed by atoms with Gasteiger partial charge in [0.2, 0.25) is 0 Å². The second kappa shape index (κ2) is 6.44. The summed E-state index contributed by atoms with van der Waals surface area (Å²) in [5.74, 6) is 0. The standard InChI is InChI=1S/C16H12F3N3O2S2/c1-9-14(25-15(22-9)12-8-20-5-6-21-12)10-3-4-13(26(2,23)24)11(7-10)16(17,18)19/h3-8H,1-2H3. The molecular weight excluding hydrogens is 387 g/mol. The van der Waals surface area contributed by atoms with E-state index in [1.807, 2.05) is 0 Å². The second-order valence-electron chi connectivity index (χ2n) is 5.51. The maximum absolute atomic E-state index is 13.4. The molecule has 3 aromatic rings. The minimum absolute atomic E-state index is 0.245. The van der Waals surface area contributed by atoms with Crippen LogP contribution in [0.4, 0.5) is 13.2 Å². The van der Waals surface area contributed by atoms with E-state index in [-0.39, 0.29) is 5.56 Å². The number of aryl methyl sites for hydroxylation is 1. The highest BCUT2D eigenvalue weighted by Crippen LogP contribution is 2.40. The molecule has 0 atom stereocenters. The van der Waals surface area contributed by atoms with Crippen molar-refractivity contribution in [2.75, 3.05) is 6.26 Å². The zero-order valence-corrected chi connectivity index (χ0v) is 15.2. The molecule has 26 heavy (non-hydrogen) atoms. The Bertz CT molecular complexity index is 1060. The first-order chi connectivity index (χ1) is 12.1. The van der Waals surface area contributed by atoms with Crippen molar-refractivity contribution in [3.05, 3.63) is 48.0 Å². The van der Waals surface area contributed by atoms with Crippen molar-refractivity contribution in [1.29, 1.82) is 0 Å². The van der Waals surface area contributed by atoms with Crippen LogP contribution < -0.4 is 0 Å². The Hall–Kier alpha value is -2.33. The Morgan fingerprint density at radius 1 is 1.15 bits per heavy atom. The van der Waals surface area contributed by atoms with Gasteiger partial charge in [0.1, 0.15) is 10.7 Å². The Balaban J connectivity index is 2.15. The van der Waals surface area contributed by atoms with Crippen molar-refractivity contribution >= 4 is 21.2 Å². The summed E-state index contributed by atoms with van der Waals surface area (Å²) in [6.07, 6.45) is 0.469. The molecule has 0 aliphatic heterocycles. The maximum Gasteiger partial charge on any atom is 0.417 e. The van der Waals surface area contributed by atoms with E-state index >= 15 is 0 Å². The first-order valence-corrected chi connectivity index (χ1v) is 9.93. The van der Waals surface area contributed by atoms with Crippen molar-refractivity contribution in [2.45, 2.75) is 18.0 Å². The highest BCUT2D eigenvalue weighted by molar-refractivity contribution is 7.90. The number of aromatic nitrogens is 3.